The van der Waals surface area contributed by atoms with Crippen molar-refractivity contribution in [2.24, 2.45) is 0 Å². The van der Waals surface area contributed by atoms with Crippen molar-refractivity contribution in [2.75, 3.05) is 19.7 Å². The number of carbonyl (C=O) groups excluding carboxylic acids is 1. The highest BCUT2D eigenvalue weighted by molar-refractivity contribution is 5.95. The first-order chi connectivity index (χ1) is 9.70. The van der Waals surface area contributed by atoms with Crippen LogP contribution in [0.25, 0.3) is 0 Å². The van der Waals surface area contributed by atoms with Crippen LogP contribution in [0.3, 0.4) is 0 Å². The summed E-state index contributed by atoms with van der Waals surface area (Å²) in [5.41, 5.74) is 0.573. The number of aliphatic hydroxyl groups excluding tert-OH is 1. The average molecular weight is 279 g/mol. The molecule has 110 valence electrons. The Balaban J connectivity index is 1.76. The molecule has 1 saturated carbocycles. The monoisotopic (exact) mass is 279 g/mol. The van der Waals surface area contributed by atoms with Gasteiger partial charge in [0, 0.05) is 24.6 Å². The lowest BCUT2D eigenvalue weighted by molar-refractivity contribution is 0.0904. The summed E-state index contributed by atoms with van der Waals surface area (Å²) in [6, 6.07) is 6.30. The number of nitrogens with zero attached hydrogens (tertiary/aromatic N) is 1. The molecule has 20 heavy (non-hydrogen) atoms. The molecule has 2 rings (SSSR count). The minimum Gasteiger partial charge on any atom is -0.395 e. The molecule has 0 aliphatic heterocycles. The maximum atomic E-state index is 12.8. The summed E-state index contributed by atoms with van der Waals surface area (Å²) >= 11 is 0. The molecule has 3 nitrogen and oxygen atoms in total. The second-order valence-corrected chi connectivity index (χ2v) is 5.38. The van der Waals surface area contributed by atoms with Gasteiger partial charge in [0.2, 0.25) is 0 Å². The molecule has 1 aromatic carbocycles. The molecule has 1 N–H and O–H groups in total. The molecule has 0 unspecified atom stereocenters. The molecule has 0 bridgehead atoms. The molecule has 0 atom stereocenters. The molecule has 0 spiro atoms. The van der Waals surface area contributed by atoms with Crippen LogP contribution in [0.1, 0.15) is 42.5 Å². The maximum Gasteiger partial charge on any atom is 0.162 e. The van der Waals surface area contributed by atoms with Crippen molar-refractivity contribution in [1.82, 2.24) is 4.90 Å². The number of aliphatic hydroxyl groups is 1. The number of carbonyl (C=O) groups is 1. The van der Waals surface area contributed by atoms with Crippen molar-refractivity contribution < 1.29 is 14.3 Å². The lowest BCUT2D eigenvalue weighted by Gasteiger charge is -2.37. The third-order valence-corrected chi connectivity index (χ3v) is 3.99. The first-order valence-corrected chi connectivity index (χ1v) is 7.34. The van der Waals surface area contributed by atoms with Crippen molar-refractivity contribution in [1.29, 1.82) is 0 Å². The Bertz CT molecular complexity index is 429. The predicted molar refractivity (Wildman–Crippen MR) is 76.3 cm³/mol. The molecule has 0 heterocycles. The number of halogens is 1. The van der Waals surface area contributed by atoms with Crippen molar-refractivity contribution in [3.05, 3.63) is 35.6 Å². The van der Waals surface area contributed by atoms with Crippen LogP contribution >= 0.6 is 0 Å². The zero-order valence-corrected chi connectivity index (χ0v) is 11.7. The van der Waals surface area contributed by atoms with E-state index in [1.54, 1.807) is 0 Å². The topological polar surface area (TPSA) is 40.5 Å². The molecule has 1 fully saturated rings. The van der Waals surface area contributed by atoms with Gasteiger partial charge in [0.05, 0.1) is 6.61 Å². The highest BCUT2D eigenvalue weighted by atomic mass is 19.1. The zero-order valence-electron chi connectivity index (χ0n) is 11.7. The van der Waals surface area contributed by atoms with Crippen LogP contribution in [0, 0.1) is 5.82 Å². The van der Waals surface area contributed by atoms with Gasteiger partial charge in [-0.05, 0) is 50.1 Å². The van der Waals surface area contributed by atoms with Crippen molar-refractivity contribution in [3.63, 3.8) is 0 Å². The van der Waals surface area contributed by atoms with E-state index in [1.807, 2.05) is 0 Å². The predicted octanol–water partition coefficient (Wildman–Crippen LogP) is 2.64. The molecule has 0 radical (unpaired) electrons. The molecule has 1 aliphatic rings. The van der Waals surface area contributed by atoms with Gasteiger partial charge in [0.1, 0.15) is 5.82 Å². The van der Waals surface area contributed by atoms with E-state index in [0.717, 1.165) is 13.0 Å². The molecular formula is C16H22FNO2. The third kappa shape index (κ3) is 4.12. The van der Waals surface area contributed by atoms with Crippen LogP contribution in [-0.4, -0.2) is 41.5 Å². The average Bonchev–Trinajstić information content (AvgIpc) is 2.37. The number of benzene rings is 1. The highest BCUT2D eigenvalue weighted by Crippen LogP contribution is 2.24. The summed E-state index contributed by atoms with van der Waals surface area (Å²) in [5.74, 6) is -0.261. The van der Waals surface area contributed by atoms with Gasteiger partial charge in [0.25, 0.3) is 0 Å². The van der Waals surface area contributed by atoms with Crippen LogP contribution in [0.5, 0.6) is 0 Å². The summed E-state index contributed by atoms with van der Waals surface area (Å²) in [6.07, 6.45) is 4.92. The lowest BCUT2D eigenvalue weighted by atomic mass is 9.91. The van der Waals surface area contributed by atoms with E-state index in [4.69, 9.17) is 5.11 Å². The standard InChI is InChI=1S/C16H22FNO2/c17-14-8-6-13(7-9-14)16(20)5-2-10-18(11-12-19)15-3-1-4-15/h6-9,15,19H,1-5,10-12H2. The largest absolute Gasteiger partial charge is 0.395 e. The van der Waals surface area contributed by atoms with Gasteiger partial charge in [-0.1, -0.05) is 6.42 Å². The van der Waals surface area contributed by atoms with E-state index >= 15 is 0 Å². The van der Waals surface area contributed by atoms with Gasteiger partial charge >= 0.3 is 0 Å². The van der Waals surface area contributed by atoms with Crippen molar-refractivity contribution in [3.8, 4) is 0 Å². The summed E-state index contributed by atoms with van der Waals surface area (Å²) < 4.78 is 12.8. The SMILES string of the molecule is O=C(CCCN(CCO)C1CCC1)c1ccc(F)cc1. The molecule has 4 heteroatoms. The second-order valence-electron chi connectivity index (χ2n) is 5.38. The fraction of sp³-hybridized carbons (Fsp3) is 0.562. The van der Waals surface area contributed by atoms with Crippen LogP contribution in [0.4, 0.5) is 4.39 Å². The van der Waals surface area contributed by atoms with Gasteiger partial charge in [-0.2, -0.15) is 0 Å². The Labute approximate surface area is 119 Å². The molecule has 1 aromatic rings. The Morgan fingerprint density at radius 2 is 1.95 bits per heavy atom. The van der Waals surface area contributed by atoms with Gasteiger partial charge in [0.15, 0.2) is 5.78 Å². The number of rotatable bonds is 8. The van der Waals surface area contributed by atoms with Crippen LogP contribution < -0.4 is 0 Å². The quantitative estimate of drug-likeness (QED) is 0.744. The summed E-state index contributed by atoms with van der Waals surface area (Å²) in [7, 11) is 0. The van der Waals surface area contributed by atoms with Gasteiger partial charge < -0.3 is 5.11 Å². The highest BCUT2D eigenvalue weighted by Gasteiger charge is 2.24. The lowest BCUT2D eigenvalue weighted by Crippen LogP contribution is -2.42. The first-order valence-electron chi connectivity index (χ1n) is 7.34. The van der Waals surface area contributed by atoms with E-state index in [0.29, 0.717) is 24.6 Å². The summed E-state index contributed by atoms with van der Waals surface area (Å²) in [6.45, 7) is 1.70. The Hall–Kier alpha value is -1.26. The van der Waals surface area contributed by atoms with E-state index < -0.39 is 0 Å². The molecular weight excluding hydrogens is 257 g/mol. The van der Waals surface area contributed by atoms with Crippen molar-refractivity contribution >= 4 is 5.78 Å². The smallest absolute Gasteiger partial charge is 0.162 e. The summed E-state index contributed by atoms with van der Waals surface area (Å²) in [4.78, 5) is 14.2. The Morgan fingerprint density at radius 3 is 2.50 bits per heavy atom. The number of hydrogen-bond donors (Lipinski definition) is 1. The van der Waals surface area contributed by atoms with Gasteiger partial charge in [-0.25, -0.2) is 4.39 Å². The Morgan fingerprint density at radius 1 is 1.25 bits per heavy atom. The van der Waals surface area contributed by atoms with Gasteiger partial charge in [-0.15, -0.1) is 0 Å². The third-order valence-electron chi connectivity index (χ3n) is 3.99. The van der Waals surface area contributed by atoms with E-state index in [1.165, 1.54) is 43.5 Å². The molecule has 0 saturated heterocycles. The number of ketones is 1. The van der Waals surface area contributed by atoms with E-state index in [-0.39, 0.29) is 18.2 Å². The molecule has 1 aliphatic carbocycles. The van der Waals surface area contributed by atoms with E-state index in [9.17, 15) is 9.18 Å². The second kappa shape index (κ2) is 7.50. The Kier molecular flexibility index (Phi) is 5.68. The van der Waals surface area contributed by atoms with Gasteiger partial charge in [-0.3, -0.25) is 9.69 Å². The minimum absolute atomic E-state index is 0.0579. The zero-order chi connectivity index (χ0) is 14.4. The fourth-order valence-electron chi connectivity index (χ4n) is 2.58. The molecule has 0 aromatic heterocycles. The first kappa shape index (κ1) is 15.1. The summed E-state index contributed by atoms with van der Waals surface area (Å²) in [5, 5.41) is 9.07. The fourth-order valence-corrected chi connectivity index (χ4v) is 2.58. The maximum absolute atomic E-state index is 12.8. The number of hydrogen-bond acceptors (Lipinski definition) is 3. The van der Waals surface area contributed by atoms with Crippen LogP contribution in [-0.2, 0) is 0 Å². The van der Waals surface area contributed by atoms with Crippen LogP contribution in [0.2, 0.25) is 0 Å². The van der Waals surface area contributed by atoms with E-state index in [2.05, 4.69) is 4.90 Å². The van der Waals surface area contributed by atoms with Crippen molar-refractivity contribution in [2.45, 2.75) is 38.1 Å². The van der Waals surface area contributed by atoms with Crippen LogP contribution in [0.15, 0.2) is 24.3 Å². The molecule has 0 amide bonds. The normalized spacial score (nSPS) is 15.3. The minimum atomic E-state index is -0.319. The number of Topliss-reactive ketones (excluding diaryl/α,β-unsaturated/α-hetero) is 1.